The number of nitrogens with zero attached hydrogens (tertiary/aromatic N) is 5. The molecule has 1 N–H and O–H groups in total. The van der Waals surface area contributed by atoms with Crippen LogP contribution in [0.5, 0.6) is 0 Å². The summed E-state index contributed by atoms with van der Waals surface area (Å²) in [5.41, 5.74) is -0.171. The molecule has 0 amide bonds. The van der Waals surface area contributed by atoms with Crippen molar-refractivity contribution in [2.24, 2.45) is 0 Å². The zero-order chi connectivity index (χ0) is 13.8. The van der Waals surface area contributed by atoms with Crippen molar-refractivity contribution in [1.82, 2.24) is 19.7 Å². The number of rotatable bonds is 5. The Hall–Kier alpha value is -2.22. The van der Waals surface area contributed by atoms with E-state index < -0.39 is 4.92 Å². The minimum atomic E-state index is -0.536. The molecule has 0 fully saturated rings. The molecular formula is C10H11ClN6O2. The molecule has 0 radical (unpaired) electrons. The van der Waals surface area contributed by atoms with E-state index in [0.29, 0.717) is 12.4 Å². The average Bonchev–Trinajstić information content (AvgIpc) is 2.84. The lowest BCUT2D eigenvalue weighted by atomic mass is 10.4. The Morgan fingerprint density at radius 1 is 1.58 bits per heavy atom. The van der Waals surface area contributed by atoms with Crippen LogP contribution in [0.25, 0.3) is 0 Å². The molecule has 0 saturated carbocycles. The van der Waals surface area contributed by atoms with Gasteiger partial charge in [-0.15, -0.1) is 10.2 Å². The predicted octanol–water partition coefficient (Wildman–Crippen LogP) is 1.87. The largest absolute Gasteiger partial charge is 0.357 e. The highest BCUT2D eigenvalue weighted by atomic mass is 35.5. The van der Waals surface area contributed by atoms with Crippen molar-refractivity contribution < 1.29 is 4.92 Å². The molecule has 0 atom stereocenters. The van der Waals surface area contributed by atoms with E-state index in [1.165, 1.54) is 12.3 Å². The number of aromatic nitrogens is 4. The van der Waals surface area contributed by atoms with Gasteiger partial charge in [0.1, 0.15) is 6.33 Å². The van der Waals surface area contributed by atoms with E-state index in [1.54, 1.807) is 6.33 Å². The van der Waals surface area contributed by atoms with Gasteiger partial charge in [-0.2, -0.15) is 0 Å². The van der Waals surface area contributed by atoms with E-state index in [2.05, 4.69) is 20.5 Å². The monoisotopic (exact) mass is 282 g/mol. The summed E-state index contributed by atoms with van der Waals surface area (Å²) in [5, 5.41) is 21.7. The first-order valence-corrected chi connectivity index (χ1v) is 5.90. The summed E-state index contributed by atoms with van der Waals surface area (Å²) in [7, 11) is 0. The highest BCUT2D eigenvalue weighted by molar-refractivity contribution is 6.30. The number of hydrogen-bond acceptors (Lipinski definition) is 6. The minimum absolute atomic E-state index is 0.153. The van der Waals surface area contributed by atoms with Gasteiger partial charge in [-0.1, -0.05) is 11.6 Å². The Labute approximate surface area is 113 Å². The molecule has 2 heterocycles. The molecule has 0 spiro atoms. The van der Waals surface area contributed by atoms with Crippen molar-refractivity contribution in [3.8, 4) is 0 Å². The van der Waals surface area contributed by atoms with Crippen molar-refractivity contribution in [3.05, 3.63) is 39.6 Å². The molecule has 2 aromatic rings. The second-order valence-corrected chi connectivity index (χ2v) is 4.10. The fourth-order valence-corrected chi connectivity index (χ4v) is 1.70. The Morgan fingerprint density at radius 3 is 3.05 bits per heavy atom. The van der Waals surface area contributed by atoms with Gasteiger partial charge in [0, 0.05) is 18.8 Å². The van der Waals surface area contributed by atoms with Crippen LogP contribution in [-0.4, -0.2) is 24.7 Å². The minimum Gasteiger partial charge on any atom is -0.357 e. The lowest BCUT2D eigenvalue weighted by molar-refractivity contribution is -0.384. The zero-order valence-corrected chi connectivity index (χ0v) is 10.8. The molecule has 0 aliphatic carbocycles. The maximum Gasteiger partial charge on any atom is 0.312 e. The van der Waals surface area contributed by atoms with Crippen LogP contribution >= 0.6 is 11.6 Å². The first kappa shape index (κ1) is 13.2. The summed E-state index contributed by atoms with van der Waals surface area (Å²) in [6, 6.07) is 1.25. The van der Waals surface area contributed by atoms with Crippen molar-refractivity contribution in [2.45, 2.75) is 20.0 Å². The van der Waals surface area contributed by atoms with Gasteiger partial charge in [0.25, 0.3) is 0 Å². The summed E-state index contributed by atoms with van der Waals surface area (Å²) in [6.45, 7) is 2.97. The van der Waals surface area contributed by atoms with Gasteiger partial charge in [-0.25, -0.2) is 4.98 Å². The Morgan fingerprint density at radius 2 is 2.37 bits per heavy atom. The lowest BCUT2D eigenvalue weighted by Crippen LogP contribution is -2.09. The van der Waals surface area contributed by atoms with Gasteiger partial charge >= 0.3 is 5.69 Å². The lowest BCUT2D eigenvalue weighted by Gasteiger charge is -2.06. The normalized spacial score (nSPS) is 10.4. The third kappa shape index (κ3) is 2.97. The first-order chi connectivity index (χ1) is 9.11. The molecular weight excluding hydrogens is 272 g/mol. The molecule has 8 nitrogen and oxygen atoms in total. The number of pyridine rings is 1. The van der Waals surface area contributed by atoms with Gasteiger partial charge in [-0.3, -0.25) is 10.1 Å². The maximum absolute atomic E-state index is 10.9. The van der Waals surface area contributed by atoms with Gasteiger partial charge < -0.3 is 9.88 Å². The molecule has 0 aromatic carbocycles. The molecule has 100 valence electrons. The van der Waals surface area contributed by atoms with E-state index in [0.717, 1.165) is 6.54 Å². The highest BCUT2D eigenvalue weighted by Crippen LogP contribution is 2.25. The predicted molar refractivity (Wildman–Crippen MR) is 68.9 cm³/mol. The number of aryl methyl sites for hydroxylation is 1. The highest BCUT2D eigenvalue weighted by Gasteiger charge is 2.16. The van der Waals surface area contributed by atoms with Crippen LogP contribution in [0.4, 0.5) is 11.5 Å². The Kier molecular flexibility index (Phi) is 3.91. The summed E-state index contributed by atoms with van der Waals surface area (Å²) < 4.78 is 1.83. The third-order valence-electron chi connectivity index (χ3n) is 2.48. The smallest absolute Gasteiger partial charge is 0.312 e. The van der Waals surface area contributed by atoms with E-state index >= 15 is 0 Å². The molecule has 0 aliphatic rings. The molecule has 2 rings (SSSR count). The van der Waals surface area contributed by atoms with Crippen LogP contribution in [0.1, 0.15) is 12.7 Å². The Balaban J connectivity index is 2.18. The summed E-state index contributed by atoms with van der Waals surface area (Å²) >= 11 is 5.69. The zero-order valence-electron chi connectivity index (χ0n) is 10.1. The van der Waals surface area contributed by atoms with Crippen molar-refractivity contribution in [1.29, 1.82) is 0 Å². The molecule has 0 saturated heterocycles. The van der Waals surface area contributed by atoms with E-state index in [9.17, 15) is 10.1 Å². The molecule has 0 aliphatic heterocycles. The van der Waals surface area contributed by atoms with Crippen LogP contribution in [-0.2, 0) is 13.1 Å². The number of anilines is 1. The van der Waals surface area contributed by atoms with Crippen LogP contribution in [0.2, 0.25) is 5.02 Å². The summed E-state index contributed by atoms with van der Waals surface area (Å²) in [6.07, 6.45) is 2.95. The van der Waals surface area contributed by atoms with Crippen LogP contribution in [0.3, 0.4) is 0 Å². The fourth-order valence-electron chi connectivity index (χ4n) is 1.55. The topological polar surface area (TPSA) is 98.8 Å². The summed E-state index contributed by atoms with van der Waals surface area (Å²) in [4.78, 5) is 14.3. The number of nitro groups is 1. The third-order valence-corrected chi connectivity index (χ3v) is 2.69. The molecule has 0 bridgehead atoms. The SMILES string of the molecule is CCn1cnnc1CNc1ncc(Cl)cc1[N+](=O)[O-]. The average molecular weight is 283 g/mol. The van der Waals surface area contributed by atoms with Crippen LogP contribution in [0, 0.1) is 10.1 Å². The van der Waals surface area contributed by atoms with E-state index in [-0.39, 0.29) is 16.5 Å². The molecule has 2 aromatic heterocycles. The van der Waals surface area contributed by atoms with Crippen molar-refractivity contribution in [2.75, 3.05) is 5.32 Å². The van der Waals surface area contributed by atoms with Crippen molar-refractivity contribution >= 4 is 23.1 Å². The fraction of sp³-hybridized carbons (Fsp3) is 0.300. The summed E-state index contributed by atoms with van der Waals surface area (Å²) in [5.74, 6) is 0.827. The molecule has 0 unspecified atom stereocenters. The standard InChI is InChI=1S/C10H11ClN6O2/c1-2-16-6-14-15-9(16)5-13-10-8(17(18)19)3-7(11)4-12-10/h3-4,6H,2,5H2,1H3,(H,12,13). The van der Waals surface area contributed by atoms with Gasteiger partial charge in [0.2, 0.25) is 5.82 Å². The number of nitrogens with one attached hydrogen (secondary N) is 1. The van der Waals surface area contributed by atoms with Gasteiger partial charge in [0.15, 0.2) is 5.82 Å². The van der Waals surface area contributed by atoms with Crippen LogP contribution < -0.4 is 5.32 Å². The number of hydrogen-bond donors (Lipinski definition) is 1. The van der Waals surface area contributed by atoms with Crippen LogP contribution in [0.15, 0.2) is 18.6 Å². The van der Waals surface area contributed by atoms with E-state index in [1.807, 2.05) is 11.5 Å². The maximum atomic E-state index is 10.9. The Bertz CT molecular complexity index is 599. The van der Waals surface area contributed by atoms with Gasteiger partial charge in [-0.05, 0) is 6.92 Å². The second-order valence-electron chi connectivity index (χ2n) is 3.67. The first-order valence-electron chi connectivity index (χ1n) is 5.52. The van der Waals surface area contributed by atoms with Crippen molar-refractivity contribution in [3.63, 3.8) is 0 Å². The molecule has 19 heavy (non-hydrogen) atoms. The number of halogens is 1. The quantitative estimate of drug-likeness (QED) is 0.664. The molecule has 9 heteroatoms. The second kappa shape index (κ2) is 5.61. The van der Waals surface area contributed by atoms with E-state index in [4.69, 9.17) is 11.6 Å². The van der Waals surface area contributed by atoms with Gasteiger partial charge in [0.05, 0.1) is 16.5 Å².